The Labute approximate surface area is 351 Å². The van der Waals surface area contributed by atoms with Gasteiger partial charge in [-0.2, -0.15) is 9.61 Å². The number of anilines is 2. The van der Waals surface area contributed by atoms with E-state index in [1.54, 1.807) is 24.3 Å². The van der Waals surface area contributed by atoms with Crippen molar-refractivity contribution >= 4 is 35.0 Å². The quantitative estimate of drug-likeness (QED) is 0.141. The molecule has 3 saturated heterocycles. The van der Waals surface area contributed by atoms with Gasteiger partial charge in [0.1, 0.15) is 11.6 Å². The van der Waals surface area contributed by atoms with Crippen molar-refractivity contribution in [3.8, 4) is 28.1 Å². The van der Waals surface area contributed by atoms with Crippen LogP contribution in [-0.4, -0.2) is 137 Å². The molecule has 3 aliphatic rings. The number of benzene rings is 3. The third-order valence-corrected chi connectivity index (χ3v) is 11.9. The Morgan fingerprint density at radius 2 is 1.53 bits per heavy atom. The van der Waals surface area contributed by atoms with Crippen LogP contribution in [0, 0.1) is 6.92 Å². The van der Waals surface area contributed by atoms with Gasteiger partial charge in [-0.05, 0) is 62.1 Å². The lowest BCUT2D eigenvalue weighted by atomic mass is 10.0. The van der Waals surface area contributed by atoms with Gasteiger partial charge in [0.15, 0.2) is 12.3 Å². The number of aromatic nitrogens is 3. The highest BCUT2D eigenvalue weighted by Crippen LogP contribution is 2.33. The van der Waals surface area contributed by atoms with Crippen molar-refractivity contribution in [1.82, 2.24) is 34.6 Å². The number of ether oxygens (including phenoxy) is 1. The highest BCUT2D eigenvalue weighted by Gasteiger charge is 2.26. The second kappa shape index (κ2) is 19.0. The molecule has 14 nitrogen and oxygen atoms in total. The molecule has 2 N–H and O–H groups in total. The molecule has 5 aromatic rings. The van der Waals surface area contributed by atoms with E-state index in [-0.39, 0.29) is 31.4 Å². The van der Waals surface area contributed by atoms with E-state index in [0.717, 1.165) is 111 Å². The summed E-state index contributed by atoms with van der Waals surface area (Å²) >= 11 is 0. The summed E-state index contributed by atoms with van der Waals surface area (Å²) in [5, 5.41) is 16.9. The highest BCUT2D eigenvalue weighted by molar-refractivity contribution is 6.05. The van der Waals surface area contributed by atoms with Crippen LogP contribution in [0.3, 0.4) is 0 Å². The van der Waals surface area contributed by atoms with Gasteiger partial charge in [-0.1, -0.05) is 61.0 Å². The topological polar surface area (TPSA) is 139 Å². The second-order valence-electron chi connectivity index (χ2n) is 15.9. The summed E-state index contributed by atoms with van der Waals surface area (Å²) in [6.07, 6.45) is 4.55. The van der Waals surface area contributed by atoms with Crippen LogP contribution in [0.25, 0.3) is 28.0 Å². The molecular formula is C46H55N9O5. The number of aryl methyl sites for hydroxylation is 2. The molecule has 0 aliphatic carbocycles. The number of carbonyl (C=O) groups excluding carboxylic acids is 3. The standard InChI is InChI=1S/C46H55N9O5/c1-34-44(36-12-5-2-6-13-36)45-47-40(32-42(55(45)49-34)52-24-20-51(21-25-52)28-29-56)37-14-8-11-35(30-37)10-4-3-7-18-50-22-26-53(27-23-50)43(58)33-60-39-16-9-15-38(31-39)54-19-17-41(57)48-46(54)59/h2,5-6,8-9,11-16,30-32,56H,3-4,7,10,17-29,33H2,1H3,(H,48,57,59). The Morgan fingerprint density at radius 3 is 2.32 bits per heavy atom. The van der Waals surface area contributed by atoms with Gasteiger partial charge in [0.25, 0.3) is 5.91 Å². The minimum Gasteiger partial charge on any atom is -0.484 e. The van der Waals surface area contributed by atoms with E-state index in [4.69, 9.17) is 14.8 Å². The predicted molar refractivity (Wildman–Crippen MR) is 232 cm³/mol. The summed E-state index contributed by atoms with van der Waals surface area (Å²) in [7, 11) is 0. The van der Waals surface area contributed by atoms with Crippen LogP contribution in [0.1, 0.15) is 36.9 Å². The molecule has 3 fully saturated rings. The maximum Gasteiger partial charge on any atom is 0.328 e. The van der Waals surface area contributed by atoms with Gasteiger partial charge in [-0.3, -0.25) is 29.6 Å². The lowest BCUT2D eigenvalue weighted by Gasteiger charge is -2.35. The summed E-state index contributed by atoms with van der Waals surface area (Å²) < 4.78 is 7.85. The van der Waals surface area contributed by atoms with Crippen molar-refractivity contribution in [1.29, 1.82) is 0 Å². The van der Waals surface area contributed by atoms with Crippen LogP contribution in [0.5, 0.6) is 5.75 Å². The SMILES string of the molecule is Cc1nn2c(N3CCN(CCO)CC3)cc(-c3cccc(CCCCCN4CCN(C(=O)COc5cccc(N6CCC(=O)NC6=O)c5)CC4)c3)nc2c1-c1ccccc1. The van der Waals surface area contributed by atoms with Gasteiger partial charge in [0, 0.05) is 101 Å². The zero-order chi connectivity index (χ0) is 41.4. The van der Waals surface area contributed by atoms with Crippen LogP contribution in [0.2, 0.25) is 0 Å². The number of hydrogen-bond acceptors (Lipinski definition) is 10. The van der Waals surface area contributed by atoms with E-state index in [9.17, 15) is 19.5 Å². The fourth-order valence-corrected chi connectivity index (χ4v) is 8.50. The molecule has 4 amide bonds. The maximum atomic E-state index is 13.0. The van der Waals surface area contributed by atoms with Gasteiger partial charge in [0.05, 0.1) is 18.0 Å². The first-order chi connectivity index (χ1) is 29.3. The first-order valence-corrected chi connectivity index (χ1v) is 21.3. The first-order valence-electron chi connectivity index (χ1n) is 21.3. The third-order valence-electron chi connectivity index (χ3n) is 11.9. The average molecular weight is 814 g/mol. The molecule has 60 heavy (non-hydrogen) atoms. The fraction of sp³-hybridized carbons (Fsp3) is 0.413. The monoisotopic (exact) mass is 813 g/mol. The normalized spacial score (nSPS) is 16.7. The van der Waals surface area contributed by atoms with Gasteiger partial charge in [0.2, 0.25) is 5.91 Å². The number of aliphatic hydroxyl groups excluding tert-OH is 1. The lowest BCUT2D eigenvalue weighted by Crippen LogP contribution is -2.50. The number of fused-ring (bicyclic) bond motifs is 1. The van der Waals surface area contributed by atoms with Crippen molar-refractivity contribution < 1.29 is 24.2 Å². The molecule has 0 atom stereocenters. The van der Waals surface area contributed by atoms with E-state index in [2.05, 4.69) is 81.5 Å². The number of imide groups is 1. The highest BCUT2D eigenvalue weighted by atomic mass is 16.5. The van der Waals surface area contributed by atoms with Gasteiger partial charge >= 0.3 is 6.03 Å². The van der Waals surface area contributed by atoms with Crippen molar-refractivity contribution in [3.63, 3.8) is 0 Å². The molecule has 3 aromatic carbocycles. The molecule has 3 aliphatic heterocycles. The minimum atomic E-state index is -0.454. The number of rotatable bonds is 15. The number of β-amino-alcohol motifs (C(OH)–C–C–N with tert-alkyl or cyclic N) is 1. The van der Waals surface area contributed by atoms with E-state index in [1.165, 1.54) is 10.5 Å². The Bertz CT molecular complexity index is 2280. The molecule has 314 valence electrons. The summed E-state index contributed by atoms with van der Waals surface area (Å²) in [6, 6.07) is 28.0. The summed E-state index contributed by atoms with van der Waals surface area (Å²) in [4.78, 5) is 52.6. The molecule has 0 unspecified atom stereocenters. The molecule has 0 spiro atoms. The molecule has 0 saturated carbocycles. The number of piperazine rings is 2. The van der Waals surface area contributed by atoms with Crippen molar-refractivity contribution in [2.24, 2.45) is 0 Å². The van der Waals surface area contributed by atoms with E-state index < -0.39 is 6.03 Å². The minimum absolute atomic E-state index is 0.0519. The van der Waals surface area contributed by atoms with Crippen molar-refractivity contribution in [2.45, 2.75) is 39.0 Å². The van der Waals surface area contributed by atoms with Crippen molar-refractivity contribution in [3.05, 3.63) is 96.2 Å². The fourth-order valence-electron chi connectivity index (χ4n) is 8.50. The number of aliphatic hydroxyl groups is 1. The predicted octanol–water partition coefficient (Wildman–Crippen LogP) is 4.87. The van der Waals surface area contributed by atoms with Crippen LogP contribution in [0.4, 0.5) is 16.3 Å². The Balaban J connectivity index is 0.826. The molecule has 2 aromatic heterocycles. The number of carbonyl (C=O) groups is 3. The Kier molecular flexibility index (Phi) is 13.0. The Morgan fingerprint density at radius 1 is 0.783 bits per heavy atom. The zero-order valence-electron chi connectivity index (χ0n) is 34.5. The largest absolute Gasteiger partial charge is 0.484 e. The Hall–Kier alpha value is -5.83. The van der Waals surface area contributed by atoms with Crippen molar-refractivity contribution in [2.75, 3.05) is 95.0 Å². The van der Waals surface area contributed by atoms with Crippen LogP contribution in [-0.2, 0) is 16.0 Å². The maximum absolute atomic E-state index is 13.0. The molecule has 0 bridgehead atoms. The smallest absolute Gasteiger partial charge is 0.328 e. The van der Waals surface area contributed by atoms with Crippen LogP contribution in [0.15, 0.2) is 84.9 Å². The number of nitrogens with zero attached hydrogens (tertiary/aromatic N) is 8. The molecular weight excluding hydrogens is 759 g/mol. The molecule has 14 heteroatoms. The van der Waals surface area contributed by atoms with Crippen LogP contribution >= 0.6 is 0 Å². The van der Waals surface area contributed by atoms with E-state index in [0.29, 0.717) is 37.6 Å². The summed E-state index contributed by atoms with van der Waals surface area (Å²) in [5.41, 5.74) is 7.94. The number of amides is 4. The number of hydrogen-bond donors (Lipinski definition) is 2. The number of unbranched alkanes of at least 4 members (excludes halogenated alkanes) is 2. The second-order valence-corrected chi connectivity index (χ2v) is 15.9. The molecule has 5 heterocycles. The average Bonchev–Trinajstić information content (AvgIpc) is 3.61. The zero-order valence-corrected chi connectivity index (χ0v) is 34.5. The lowest BCUT2D eigenvalue weighted by molar-refractivity contribution is -0.135. The number of urea groups is 1. The first kappa shape index (κ1) is 40.9. The summed E-state index contributed by atoms with van der Waals surface area (Å²) in [6.45, 7) is 10.7. The van der Waals surface area contributed by atoms with E-state index >= 15 is 0 Å². The third kappa shape index (κ3) is 9.62. The summed E-state index contributed by atoms with van der Waals surface area (Å²) in [5.74, 6) is 1.21. The van der Waals surface area contributed by atoms with Gasteiger partial charge in [-0.25, -0.2) is 9.78 Å². The van der Waals surface area contributed by atoms with Gasteiger partial charge < -0.3 is 19.6 Å². The van der Waals surface area contributed by atoms with E-state index in [1.807, 2.05) is 15.5 Å². The number of nitrogens with one attached hydrogen (secondary N) is 1. The van der Waals surface area contributed by atoms with Gasteiger partial charge in [-0.15, -0.1) is 0 Å². The molecule has 0 radical (unpaired) electrons. The molecule has 8 rings (SSSR count). The van der Waals surface area contributed by atoms with Crippen LogP contribution < -0.4 is 19.9 Å².